The SMILES string of the molecule is COc1ccc(CSCC(=O)N(Cc2ccccc2)C(Cc2ccccc2)C(=O)NCC(C)C)cc1. The maximum atomic E-state index is 13.6. The first kappa shape index (κ1) is 27.3. The molecule has 0 saturated heterocycles. The number of hydrogen-bond donors (Lipinski definition) is 1. The van der Waals surface area contributed by atoms with E-state index >= 15 is 0 Å². The minimum absolute atomic E-state index is 0.0435. The highest BCUT2D eigenvalue weighted by Gasteiger charge is 2.30. The molecule has 0 spiro atoms. The zero-order valence-electron chi connectivity index (χ0n) is 21.4. The molecule has 6 heteroatoms. The van der Waals surface area contributed by atoms with Crippen molar-refractivity contribution in [3.63, 3.8) is 0 Å². The van der Waals surface area contributed by atoms with E-state index in [0.717, 1.165) is 22.4 Å². The van der Waals surface area contributed by atoms with Gasteiger partial charge in [-0.1, -0.05) is 86.6 Å². The van der Waals surface area contributed by atoms with Crippen LogP contribution in [0, 0.1) is 5.92 Å². The normalized spacial score (nSPS) is 11.7. The zero-order chi connectivity index (χ0) is 25.8. The van der Waals surface area contributed by atoms with Gasteiger partial charge >= 0.3 is 0 Å². The number of thioether (sulfide) groups is 1. The Morgan fingerprint density at radius 1 is 0.861 bits per heavy atom. The van der Waals surface area contributed by atoms with E-state index in [0.29, 0.717) is 36.9 Å². The molecule has 0 radical (unpaired) electrons. The number of carbonyl (C=O) groups excluding carboxylic acids is 2. The van der Waals surface area contributed by atoms with Gasteiger partial charge in [-0.05, 0) is 34.7 Å². The van der Waals surface area contributed by atoms with Crippen molar-refractivity contribution in [2.24, 2.45) is 5.92 Å². The summed E-state index contributed by atoms with van der Waals surface area (Å²) in [6.07, 6.45) is 0.465. The molecule has 1 unspecified atom stereocenters. The lowest BCUT2D eigenvalue weighted by Crippen LogP contribution is -2.51. The molecule has 5 nitrogen and oxygen atoms in total. The van der Waals surface area contributed by atoms with Gasteiger partial charge in [-0.3, -0.25) is 9.59 Å². The molecule has 36 heavy (non-hydrogen) atoms. The van der Waals surface area contributed by atoms with E-state index in [2.05, 4.69) is 19.2 Å². The van der Waals surface area contributed by atoms with E-state index in [1.165, 1.54) is 0 Å². The summed E-state index contributed by atoms with van der Waals surface area (Å²) >= 11 is 1.56. The predicted octanol–water partition coefficient (Wildman–Crippen LogP) is 5.34. The molecule has 0 aliphatic carbocycles. The van der Waals surface area contributed by atoms with Crippen molar-refractivity contribution in [2.75, 3.05) is 19.4 Å². The highest BCUT2D eigenvalue weighted by molar-refractivity contribution is 7.99. The highest BCUT2D eigenvalue weighted by Crippen LogP contribution is 2.20. The standard InChI is InChI=1S/C30H36N2O3S/c1-23(2)19-31-30(34)28(18-24-10-6-4-7-11-24)32(20-25-12-8-5-9-13-25)29(33)22-36-21-26-14-16-27(35-3)17-15-26/h4-17,23,28H,18-22H2,1-3H3,(H,31,34). The Hall–Kier alpha value is -3.25. The molecule has 0 saturated carbocycles. The molecule has 1 N–H and O–H groups in total. The monoisotopic (exact) mass is 504 g/mol. The molecule has 2 amide bonds. The fourth-order valence-corrected chi connectivity index (χ4v) is 4.69. The van der Waals surface area contributed by atoms with Gasteiger partial charge in [0.1, 0.15) is 11.8 Å². The van der Waals surface area contributed by atoms with Gasteiger partial charge in [0.15, 0.2) is 0 Å². The number of amides is 2. The minimum atomic E-state index is -0.597. The lowest BCUT2D eigenvalue weighted by atomic mass is 10.0. The number of benzene rings is 3. The molecule has 3 rings (SSSR count). The van der Waals surface area contributed by atoms with Crippen molar-refractivity contribution in [1.29, 1.82) is 0 Å². The molecule has 3 aromatic carbocycles. The first-order chi connectivity index (χ1) is 17.5. The van der Waals surface area contributed by atoms with Crippen molar-refractivity contribution in [3.05, 3.63) is 102 Å². The summed E-state index contributed by atoms with van der Waals surface area (Å²) in [5, 5.41) is 3.06. The van der Waals surface area contributed by atoms with Crippen LogP contribution >= 0.6 is 11.8 Å². The Morgan fingerprint density at radius 2 is 1.47 bits per heavy atom. The van der Waals surface area contributed by atoms with Crippen LogP contribution in [0.2, 0.25) is 0 Å². The third kappa shape index (κ3) is 8.76. The molecule has 0 fully saturated rings. The zero-order valence-corrected chi connectivity index (χ0v) is 22.2. The minimum Gasteiger partial charge on any atom is -0.497 e. The number of ether oxygens (including phenoxy) is 1. The Morgan fingerprint density at radius 3 is 2.06 bits per heavy atom. The molecule has 0 aliphatic rings. The number of rotatable bonds is 13. The van der Waals surface area contributed by atoms with Gasteiger partial charge in [0, 0.05) is 25.3 Å². The van der Waals surface area contributed by atoms with E-state index in [-0.39, 0.29) is 11.8 Å². The van der Waals surface area contributed by atoms with Gasteiger partial charge in [-0.15, -0.1) is 11.8 Å². The van der Waals surface area contributed by atoms with Gasteiger partial charge in [-0.25, -0.2) is 0 Å². The summed E-state index contributed by atoms with van der Waals surface area (Å²) in [7, 11) is 1.65. The second-order valence-corrected chi connectivity index (χ2v) is 10.2. The van der Waals surface area contributed by atoms with Crippen LogP contribution in [0.25, 0.3) is 0 Å². The fourth-order valence-electron chi connectivity index (χ4n) is 3.82. The maximum absolute atomic E-state index is 13.6. The van der Waals surface area contributed by atoms with Crippen LogP contribution in [0.5, 0.6) is 5.75 Å². The van der Waals surface area contributed by atoms with Crippen LogP contribution < -0.4 is 10.1 Å². The quantitative estimate of drug-likeness (QED) is 0.341. The molecule has 3 aromatic rings. The second-order valence-electron chi connectivity index (χ2n) is 9.19. The van der Waals surface area contributed by atoms with Gasteiger partial charge in [0.25, 0.3) is 0 Å². The molecule has 0 bridgehead atoms. The summed E-state index contributed by atoms with van der Waals surface area (Å²) in [4.78, 5) is 28.8. The van der Waals surface area contributed by atoms with Gasteiger partial charge < -0.3 is 15.0 Å². The van der Waals surface area contributed by atoms with E-state index in [1.807, 2.05) is 84.9 Å². The largest absolute Gasteiger partial charge is 0.497 e. The van der Waals surface area contributed by atoms with Crippen molar-refractivity contribution < 1.29 is 14.3 Å². The topological polar surface area (TPSA) is 58.6 Å². The van der Waals surface area contributed by atoms with E-state index in [1.54, 1.807) is 23.8 Å². The maximum Gasteiger partial charge on any atom is 0.243 e. The Kier molecular flexibility index (Phi) is 10.9. The molecule has 190 valence electrons. The van der Waals surface area contributed by atoms with Gasteiger partial charge in [0.05, 0.1) is 12.9 Å². The smallest absolute Gasteiger partial charge is 0.243 e. The Balaban J connectivity index is 1.79. The first-order valence-electron chi connectivity index (χ1n) is 12.3. The summed E-state index contributed by atoms with van der Waals surface area (Å²) in [6.45, 7) is 5.09. The third-order valence-electron chi connectivity index (χ3n) is 5.80. The van der Waals surface area contributed by atoms with Crippen LogP contribution in [-0.4, -0.2) is 42.2 Å². The van der Waals surface area contributed by atoms with Gasteiger partial charge in [0.2, 0.25) is 11.8 Å². The van der Waals surface area contributed by atoms with Crippen molar-refractivity contribution >= 4 is 23.6 Å². The molecule has 0 heterocycles. The van der Waals surface area contributed by atoms with E-state index in [4.69, 9.17) is 4.74 Å². The molecule has 0 aliphatic heterocycles. The molecule has 1 atom stereocenters. The number of nitrogens with one attached hydrogen (secondary N) is 1. The van der Waals surface area contributed by atoms with E-state index < -0.39 is 6.04 Å². The number of carbonyl (C=O) groups is 2. The second kappa shape index (κ2) is 14.3. The first-order valence-corrected chi connectivity index (χ1v) is 13.5. The lowest BCUT2D eigenvalue weighted by molar-refractivity contribution is -0.139. The van der Waals surface area contributed by atoms with Crippen LogP contribution in [-0.2, 0) is 28.3 Å². The van der Waals surface area contributed by atoms with Crippen LogP contribution in [0.4, 0.5) is 0 Å². The van der Waals surface area contributed by atoms with E-state index in [9.17, 15) is 9.59 Å². The average molecular weight is 505 g/mol. The third-order valence-corrected chi connectivity index (χ3v) is 6.79. The van der Waals surface area contributed by atoms with Crippen molar-refractivity contribution in [2.45, 2.75) is 38.6 Å². The Labute approximate surface area is 219 Å². The number of nitrogens with zero attached hydrogens (tertiary/aromatic N) is 1. The number of methoxy groups -OCH3 is 1. The van der Waals surface area contributed by atoms with Crippen LogP contribution in [0.15, 0.2) is 84.9 Å². The fraction of sp³-hybridized carbons (Fsp3) is 0.333. The summed E-state index contributed by atoms with van der Waals surface area (Å²) in [6, 6.07) is 27.0. The summed E-state index contributed by atoms with van der Waals surface area (Å²) in [5.41, 5.74) is 3.15. The van der Waals surface area contributed by atoms with Crippen molar-refractivity contribution in [1.82, 2.24) is 10.2 Å². The Bertz CT molecular complexity index is 1070. The molecular weight excluding hydrogens is 468 g/mol. The number of hydrogen-bond acceptors (Lipinski definition) is 4. The summed E-state index contributed by atoms with van der Waals surface area (Å²) < 4.78 is 5.23. The molecule has 0 aromatic heterocycles. The average Bonchev–Trinajstić information content (AvgIpc) is 2.90. The van der Waals surface area contributed by atoms with Crippen LogP contribution in [0.1, 0.15) is 30.5 Å². The van der Waals surface area contributed by atoms with Gasteiger partial charge in [-0.2, -0.15) is 0 Å². The van der Waals surface area contributed by atoms with Crippen molar-refractivity contribution in [3.8, 4) is 5.75 Å². The lowest BCUT2D eigenvalue weighted by Gasteiger charge is -2.31. The highest BCUT2D eigenvalue weighted by atomic mass is 32.2. The summed E-state index contributed by atoms with van der Waals surface area (Å²) in [5.74, 6) is 1.98. The van der Waals surface area contributed by atoms with Crippen LogP contribution in [0.3, 0.4) is 0 Å². The predicted molar refractivity (Wildman–Crippen MR) is 148 cm³/mol. The molecular formula is C30H36N2O3S.